The molecule has 0 radical (unpaired) electrons. The highest BCUT2D eigenvalue weighted by molar-refractivity contribution is 9.10. The summed E-state index contributed by atoms with van der Waals surface area (Å²) in [7, 11) is 0. The minimum absolute atomic E-state index is 0.0475. The van der Waals surface area contributed by atoms with Crippen LogP contribution in [0.5, 0.6) is 0 Å². The van der Waals surface area contributed by atoms with Crippen molar-refractivity contribution in [3.63, 3.8) is 0 Å². The molecular formula is C20H20BrNO4S. The van der Waals surface area contributed by atoms with Gasteiger partial charge in [0.15, 0.2) is 11.9 Å². The topological polar surface area (TPSA) is 72.5 Å². The molecule has 1 amide bonds. The van der Waals surface area contributed by atoms with Crippen LogP contribution in [0.15, 0.2) is 51.8 Å². The maximum atomic E-state index is 12.2. The van der Waals surface area contributed by atoms with Gasteiger partial charge in [-0.1, -0.05) is 15.9 Å². The van der Waals surface area contributed by atoms with E-state index in [1.165, 1.54) is 25.6 Å². The van der Waals surface area contributed by atoms with Crippen LogP contribution >= 0.6 is 27.7 Å². The Bertz CT molecular complexity index is 852. The molecule has 0 bridgehead atoms. The minimum Gasteiger partial charge on any atom is -0.452 e. The van der Waals surface area contributed by atoms with Crippen molar-refractivity contribution in [2.75, 3.05) is 11.1 Å². The number of ether oxygens (including phenoxy) is 1. The minimum atomic E-state index is -0.920. The van der Waals surface area contributed by atoms with E-state index in [2.05, 4.69) is 21.2 Å². The lowest BCUT2D eigenvalue weighted by atomic mass is 10.1. The highest BCUT2D eigenvalue weighted by Gasteiger charge is 2.18. The number of esters is 1. The maximum Gasteiger partial charge on any atom is 0.317 e. The van der Waals surface area contributed by atoms with E-state index < -0.39 is 18.0 Å². The number of nitrogens with one attached hydrogen (secondary N) is 1. The zero-order valence-corrected chi connectivity index (χ0v) is 17.6. The number of hydrogen-bond acceptors (Lipinski definition) is 5. The Morgan fingerprint density at radius 1 is 1.15 bits per heavy atom. The van der Waals surface area contributed by atoms with Crippen LogP contribution in [-0.4, -0.2) is 29.5 Å². The first-order valence-electron chi connectivity index (χ1n) is 8.26. The number of carbonyl (C=O) groups excluding carboxylic acids is 3. The number of halogens is 1. The fraction of sp³-hybridized carbons (Fsp3) is 0.250. The molecule has 27 heavy (non-hydrogen) atoms. The Hall–Kier alpha value is -2.12. The van der Waals surface area contributed by atoms with Gasteiger partial charge in [-0.25, -0.2) is 0 Å². The van der Waals surface area contributed by atoms with Gasteiger partial charge in [0.2, 0.25) is 0 Å². The van der Waals surface area contributed by atoms with Gasteiger partial charge in [0, 0.05) is 20.6 Å². The van der Waals surface area contributed by atoms with Crippen molar-refractivity contribution in [1.82, 2.24) is 0 Å². The van der Waals surface area contributed by atoms with E-state index in [-0.39, 0.29) is 11.5 Å². The van der Waals surface area contributed by atoms with Crippen molar-refractivity contribution in [3.8, 4) is 0 Å². The van der Waals surface area contributed by atoms with Crippen LogP contribution in [0.1, 0.15) is 29.8 Å². The van der Waals surface area contributed by atoms with Gasteiger partial charge in [-0.2, -0.15) is 0 Å². The molecule has 0 aliphatic rings. The van der Waals surface area contributed by atoms with Crippen molar-refractivity contribution in [1.29, 1.82) is 0 Å². The van der Waals surface area contributed by atoms with Crippen LogP contribution in [-0.2, 0) is 14.3 Å². The third-order valence-electron chi connectivity index (χ3n) is 3.72. The Kier molecular flexibility index (Phi) is 7.62. The monoisotopic (exact) mass is 449 g/mol. The zero-order valence-electron chi connectivity index (χ0n) is 15.2. The smallest absolute Gasteiger partial charge is 0.317 e. The zero-order chi connectivity index (χ0) is 20.0. The van der Waals surface area contributed by atoms with Gasteiger partial charge in [-0.05, 0) is 68.8 Å². The average molecular weight is 450 g/mol. The van der Waals surface area contributed by atoms with Gasteiger partial charge in [-0.15, -0.1) is 11.8 Å². The second-order valence-corrected chi connectivity index (χ2v) is 7.89. The van der Waals surface area contributed by atoms with E-state index in [0.717, 1.165) is 14.9 Å². The molecule has 0 spiro atoms. The van der Waals surface area contributed by atoms with E-state index in [4.69, 9.17) is 4.74 Å². The summed E-state index contributed by atoms with van der Waals surface area (Å²) in [4.78, 5) is 36.4. The molecule has 1 atom stereocenters. The molecule has 0 saturated carbocycles. The molecule has 2 aromatic rings. The van der Waals surface area contributed by atoms with Crippen LogP contribution < -0.4 is 5.32 Å². The third-order valence-corrected chi connectivity index (χ3v) is 5.36. The van der Waals surface area contributed by atoms with Gasteiger partial charge >= 0.3 is 5.97 Å². The summed E-state index contributed by atoms with van der Waals surface area (Å²) in [5, 5.41) is 2.66. The summed E-state index contributed by atoms with van der Waals surface area (Å²) in [5.74, 6) is -0.817. The Labute approximate surface area is 171 Å². The largest absolute Gasteiger partial charge is 0.452 e. The second kappa shape index (κ2) is 9.71. The molecule has 2 rings (SSSR count). The summed E-state index contributed by atoms with van der Waals surface area (Å²) in [5.41, 5.74) is 2.16. The number of Topliss-reactive ketones (excluding diaryl/α,β-unsaturated/α-hetero) is 1. The number of thioether (sulfide) groups is 1. The number of aryl methyl sites for hydroxylation is 1. The van der Waals surface area contributed by atoms with Crippen LogP contribution in [0.4, 0.5) is 5.69 Å². The van der Waals surface area contributed by atoms with E-state index in [9.17, 15) is 14.4 Å². The average Bonchev–Trinajstić information content (AvgIpc) is 2.61. The fourth-order valence-corrected chi connectivity index (χ4v) is 3.50. The third kappa shape index (κ3) is 6.52. The van der Waals surface area contributed by atoms with E-state index in [1.807, 2.05) is 25.1 Å². The van der Waals surface area contributed by atoms with Gasteiger partial charge < -0.3 is 10.1 Å². The first kappa shape index (κ1) is 21.2. The Morgan fingerprint density at radius 2 is 1.81 bits per heavy atom. The molecule has 0 saturated heterocycles. The molecule has 2 aromatic carbocycles. The maximum absolute atomic E-state index is 12.2. The van der Waals surface area contributed by atoms with Crippen molar-refractivity contribution in [3.05, 3.63) is 58.1 Å². The molecule has 142 valence electrons. The van der Waals surface area contributed by atoms with E-state index >= 15 is 0 Å². The lowest BCUT2D eigenvalue weighted by Gasteiger charge is -2.14. The highest BCUT2D eigenvalue weighted by atomic mass is 79.9. The normalized spacial score (nSPS) is 11.6. The lowest BCUT2D eigenvalue weighted by Crippen LogP contribution is -2.30. The summed E-state index contributed by atoms with van der Waals surface area (Å²) in [6.45, 7) is 4.96. The molecule has 7 heteroatoms. The van der Waals surface area contributed by atoms with Gasteiger partial charge in [0.1, 0.15) is 0 Å². The molecule has 1 N–H and O–H groups in total. The molecule has 0 aliphatic carbocycles. The summed E-state index contributed by atoms with van der Waals surface area (Å²) in [6.07, 6.45) is -0.920. The van der Waals surface area contributed by atoms with Crippen molar-refractivity contribution in [2.24, 2.45) is 0 Å². The molecular weight excluding hydrogens is 430 g/mol. The predicted octanol–water partition coefficient (Wildman–Crippen LogP) is 4.62. The van der Waals surface area contributed by atoms with E-state index in [1.54, 1.807) is 24.3 Å². The fourth-order valence-electron chi connectivity index (χ4n) is 2.23. The molecule has 1 unspecified atom stereocenters. The van der Waals surface area contributed by atoms with Gasteiger partial charge in [-0.3, -0.25) is 14.4 Å². The number of benzene rings is 2. The lowest BCUT2D eigenvalue weighted by molar-refractivity contribution is -0.150. The number of rotatable bonds is 7. The van der Waals surface area contributed by atoms with E-state index in [0.29, 0.717) is 11.3 Å². The van der Waals surface area contributed by atoms with Crippen LogP contribution in [0, 0.1) is 6.92 Å². The Morgan fingerprint density at radius 3 is 2.41 bits per heavy atom. The van der Waals surface area contributed by atoms with Crippen molar-refractivity contribution < 1.29 is 19.1 Å². The molecule has 0 aromatic heterocycles. The number of hydrogen-bond donors (Lipinski definition) is 1. The highest BCUT2D eigenvalue weighted by Crippen LogP contribution is 2.25. The number of anilines is 1. The molecule has 5 nitrogen and oxygen atoms in total. The van der Waals surface area contributed by atoms with Gasteiger partial charge in [0.25, 0.3) is 5.91 Å². The number of ketones is 1. The summed E-state index contributed by atoms with van der Waals surface area (Å²) >= 11 is 4.77. The first-order valence-corrected chi connectivity index (χ1v) is 10.0. The van der Waals surface area contributed by atoms with Crippen LogP contribution in [0.2, 0.25) is 0 Å². The van der Waals surface area contributed by atoms with Gasteiger partial charge in [0.05, 0.1) is 5.75 Å². The molecule has 0 heterocycles. The van der Waals surface area contributed by atoms with Crippen LogP contribution in [0.25, 0.3) is 0 Å². The number of carbonyl (C=O) groups is 3. The van der Waals surface area contributed by atoms with Crippen molar-refractivity contribution >= 4 is 51.0 Å². The Balaban J connectivity index is 1.84. The second-order valence-electron chi connectivity index (χ2n) is 5.95. The predicted molar refractivity (Wildman–Crippen MR) is 110 cm³/mol. The standard InChI is InChI=1S/C20H20BrNO4S/c1-12-10-16(21)6-9-18(12)27-11-19(24)26-14(3)20(25)22-17-7-4-15(5-8-17)13(2)23/h4-10,14H,11H2,1-3H3,(H,22,25). The first-order chi connectivity index (χ1) is 12.8. The molecule has 0 fully saturated rings. The SMILES string of the molecule is CC(=O)c1ccc(NC(=O)C(C)OC(=O)CSc2ccc(Br)cc2C)cc1. The number of amides is 1. The molecule has 0 aliphatic heterocycles. The quantitative estimate of drug-likeness (QED) is 0.379. The van der Waals surface area contributed by atoms with Crippen LogP contribution in [0.3, 0.4) is 0 Å². The van der Waals surface area contributed by atoms with Crippen molar-refractivity contribution in [2.45, 2.75) is 31.8 Å². The summed E-state index contributed by atoms with van der Waals surface area (Å²) in [6, 6.07) is 12.3. The summed E-state index contributed by atoms with van der Waals surface area (Å²) < 4.78 is 6.18.